The average molecular weight is 281 g/mol. The molecule has 1 fully saturated rings. The maximum absolute atomic E-state index is 9.07. The van der Waals surface area contributed by atoms with Gasteiger partial charge in [-0.3, -0.25) is 0 Å². The Balaban J connectivity index is 2.18. The molecule has 1 aromatic rings. The molecule has 0 saturated heterocycles. The number of nitrogens with zero attached hydrogens (tertiary/aromatic N) is 2. The first-order valence-electron chi connectivity index (χ1n) is 6.24. The van der Waals surface area contributed by atoms with E-state index in [1.165, 1.54) is 37.0 Å². The van der Waals surface area contributed by atoms with Crippen LogP contribution in [0.2, 0.25) is 0 Å². The topological polar surface area (TPSA) is 53.0 Å². The minimum absolute atomic E-state index is 0.646. The summed E-state index contributed by atoms with van der Waals surface area (Å²) in [5.74, 6) is 0.804. The Morgan fingerprint density at radius 3 is 2.72 bits per heavy atom. The average Bonchev–Trinajstić information content (AvgIpc) is 2.96. The molecule has 0 aromatic carbocycles. The molecule has 2 N–H and O–H groups in total. The Hall–Kier alpha value is -0.860. The fourth-order valence-electron chi connectivity index (χ4n) is 2.61. The molecular formula is C13H19N3S2. The van der Waals surface area contributed by atoms with Crippen LogP contribution in [0.4, 0.5) is 10.7 Å². The molecule has 2 rings (SSSR count). The van der Waals surface area contributed by atoms with E-state index < -0.39 is 0 Å². The molecule has 3 nitrogen and oxygen atoms in total. The second kappa shape index (κ2) is 5.85. The summed E-state index contributed by atoms with van der Waals surface area (Å²) in [6.07, 6.45) is 7.43. The second-order valence-electron chi connectivity index (χ2n) is 4.83. The summed E-state index contributed by atoms with van der Waals surface area (Å²) in [6.45, 7) is 1.08. The number of nitrogens with two attached hydrogens (primary N) is 1. The number of thiophene rings is 1. The molecule has 0 unspecified atom stereocenters. The van der Waals surface area contributed by atoms with Crippen LogP contribution in [0.1, 0.15) is 30.6 Å². The zero-order valence-electron chi connectivity index (χ0n) is 10.9. The first kappa shape index (κ1) is 13.6. The highest BCUT2D eigenvalue weighted by molar-refractivity contribution is 7.99. The Morgan fingerprint density at radius 2 is 2.17 bits per heavy atom. The first-order chi connectivity index (χ1) is 8.67. The molecule has 1 aliphatic carbocycles. The number of nitriles is 1. The maximum Gasteiger partial charge on any atom is 0.131 e. The quantitative estimate of drug-likeness (QED) is 0.858. The molecule has 1 aromatic heterocycles. The van der Waals surface area contributed by atoms with Gasteiger partial charge in [0.2, 0.25) is 0 Å². The largest absolute Gasteiger partial charge is 0.396 e. The van der Waals surface area contributed by atoms with Gasteiger partial charge < -0.3 is 10.6 Å². The van der Waals surface area contributed by atoms with E-state index >= 15 is 0 Å². The minimum atomic E-state index is 0.646. The predicted octanol–water partition coefficient (Wildman–Crippen LogP) is 3.55. The van der Waals surface area contributed by atoms with Crippen LogP contribution in [-0.2, 0) is 0 Å². The van der Waals surface area contributed by atoms with Crippen molar-refractivity contribution in [3.05, 3.63) is 4.88 Å². The van der Waals surface area contributed by atoms with E-state index in [1.54, 1.807) is 11.8 Å². The van der Waals surface area contributed by atoms with Crippen molar-refractivity contribution in [1.82, 2.24) is 0 Å². The highest BCUT2D eigenvalue weighted by atomic mass is 32.2. The molecule has 0 spiro atoms. The third-order valence-electron chi connectivity index (χ3n) is 3.54. The lowest BCUT2D eigenvalue weighted by Gasteiger charge is -2.22. The highest BCUT2D eigenvalue weighted by Crippen LogP contribution is 2.43. The molecular weight excluding hydrogens is 262 g/mol. The van der Waals surface area contributed by atoms with Crippen molar-refractivity contribution in [3.8, 4) is 6.07 Å². The predicted molar refractivity (Wildman–Crippen MR) is 80.5 cm³/mol. The van der Waals surface area contributed by atoms with Crippen LogP contribution in [0.3, 0.4) is 0 Å². The normalized spacial score (nSPS) is 15.8. The van der Waals surface area contributed by atoms with Gasteiger partial charge in [0.1, 0.15) is 15.9 Å². The summed E-state index contributed by atoms with van der Waals surface area (Å²) >= 11 is 3.16. The van der Waals surface area contributed by atoms with E-state index in [-0.39, 0.29) is 0 Å². The van der Waals surface area contributed by atoms with Gasteiger partial charge in [-0.25, -0.2) is 0 Å². The molecule has 0 bridgehead atoms. The van der Waals surface area contributed by atoms with Crippen molar-refractivity contribution in [2.75, 3.05) is 30.5 Å². The monoisotopic (exact) mass is 281 g/mol. The Labute approximate surface area is 117 Å². The second-order valence-corrected chi connectivity index (χ2v) is 6.64. The lowest BCUT2D eigenvalue weighted by atomic mass is 10.1. The molecule has 0 atom stereocenters. The third-order valence-corrected chi connectivity index (χ3v) is 5.72. The van der Waals surface area contributed by atoms with Gasteiger partial charge in [0, 0.05) is 13.6 Å². The van der Waals surface area contributed by atoms with Crippen molar-refractivity contribution in [3.63, 3.8) is 0 Å². The molecule has 1 aliphatic rings. The maximum atomic E-state index is 9.07. The van der Waals surface area contributed by atoms with E-state index in [2.05, 4.69) is 18.0 Å². The van der Waals surface area contributed by atoms with Gasteiger partial charge >= 0.3 is 0 Å². The number of hydrogen-bond acceptors (Lipinski definition) is 5. The molecule has 18 heavy (non-hydrogen) atoms. The smallest absolute Gasteiger partial charge is 0.131 e. The molecule has 98 valence electrons. The lowest BCUT2D eigenvalue weighted by Crippen LogP contribution is -2.23. The molecule has 0 radical (unpaired) electrons. The lowest BCUT2D eigenvalue weighted by molar-refractivity contribution is 0.547. The summed E-state index contributed by atoms with van der Waals surface area (Å²) in [5, 5.41) is 10.2. The first-order valence-corrected chi connectivity index (χ1v) is 8.29. The van der Waals surface area contributed by atoms with E-state index in [0.29, 0.717) is 10.6 Å². The minimum Gasteiger partial charge on any atom is -0.396 e. The van der Waals surface area contributed by atoms with Crippen LogP contribution in [0.25, 0.3) is 0 Å². The van der Waals surface area contributed by atoms with Gasteiger partial charge in [-0.05, 0) is 25.0 Å². The molecule has 0 aliphatic heterocycles. The van der Waals surface area contributed by atoms with E-state index in [1.807, 2.05) is 6.26 Å². The zero-order valence-corrected chi connectivity index (χ0v) is 12.5. The number of rotatable bonds is 4. The van der Waals surface area contributed by atoms with Crippen LogP contribution in [-0.4, -0.2) is 19.8 Å². The van der Waals surface area contributed by atoms with Crippen molar-refractivity contribution in [2.24, 2.45) is 5.92 Å². The van der Waals surface area contributed by atoms with Crippen molar-refractivity contribution in [1.29, 1.82) is 5.26 Å². The van der Waals surface area contributed by atoms with Gasteiger partial charge in [-0.1, -0.05) is 12.8 Å². The van der Waals surface area contributed by atoms with Crippen molar-refractivity contribution >= 4 is 33.8 Å². The fourth-order valence-corrected chi connectivity index (χ4v) is 4.59. The number of hydrogen-bond donors (Lipinski definition) is 1. The summed E-state index contributed by atoms with van der Waals surface area (Å²) in [4.78, 5) is 3.99. The van der Waals surface area contributed by atoms with Crippen LogP contribution < -0.4 is 10.6 Å². The fraction of sp³-hybridized carbons (Fsp3) is 0.615. The number of nitrogen functional groups attached to an aromatic ring is 1. The van der Waals surface area contributed by atoms with E-state index in [9.17, 15) is 0 Å². The van der Waals surface area contributed by atoms with Crippen LogP contribution in [0, 0.1) is 17.2 Å². The SMILES string of the molecule is CSc1c(N(C)CC2CCCC2)sc(C#N)c1N. The summed E-state index contributed by atoms with van der Waals surface area (Å²) in [5.41, 5.74) is 6.67. The number of thioether (sulfide) groups is 1. The Morgan fingerprint density at radius 1 is 1.50 bits per heavy atom. The highest BCUT2D eigenvalue weighted by Gasteiger charge is 2.22. The van der Waals surface area contributed by atoms with Gasteiger partial charge in [-0.2, -0.15) is 5.26 Å². The van der Waals surface area contributed by atoms with Gasteiger partial charge in [0.15, 0.2) is 0 Å². The van der Waals surface area contributed by atoms with Gasteiger partial charge in [0.25, 0.3) is 0 Å². The Kier molecular flexibility index (Phi) is 4.41. The third kappa shape index (κ3) is 2.60. The summed E-state index contributed by atoms with van der Waals surface area (Å²) in [6, 6.07) is 2.19. The number of anilines is 2. The van der Waals surface area contributed by atoms with Gasteiger partial charge in [0.05, 0.1) is 10.6 Å². The summed E-state index contributed by atoms with van der Waals surface area (Å²) in [7, 11) is 2.12. The van der Waals surface area contributed by atoms with Crippen LogP contribution >= 0.6 is 23.1 Å². The van der Waals surface area contributed by atoms with E-state index in [0.717, 1.165) is 22.4 Å². The molecule has 0 amide bonds. The molecule has 1 saturated carbocycles. The van der Waals surface area contributed by atoms with Crippen LogP contribution in [0.15, 0.2) is 4.90 Å². The Bertz CT molecular complexity index is 456. The van der Waals surface area contributed by atoms with E-state index in [4.69, 9.17) is 11.0 Å². The van der Waals surface area contributed by atoms with Crippen molar-refractivity contribution in [2.45, 2.75) is 30.6 Å². The van der Waals surface area contributed by atoms with Gasteiger partial charge in [-0.15, -0.1) is 23.1 Å². The standard InChI is InChI=1S/C13H19N3S2/c1-16(8-9-5-3-4-6-9)13-12(17-2)11(15)10(7-14)18-13/h9H,3-6,8,15H2,1-2H3. The molecule has 5 heteroatoms. The zero-order chi connectivity index (χ0) is 13.1. The van der Waals surface area contributed by atoms with Crippen LogP contribution in [0.5, 0.6) is 0 Å². The van der Waals surface area contributed by atoms with Crippen molar-refractivity contribution < 1.29 is 0 Å². The molecule has 1 heterocycles. The summed E-state index contributed by atoms with van der Waals surface area (Å²) < 4.78 is 0.